The Hall–Kier alpha value is -1.35. The van der Waals surface area contributed by atoms with Crippen molar-refractivity contribution in [2.24, 2.45) is 5.92 Å². The summed E-state index contributed by atoms with van der Waals surface area (Å²) in [5.41, 5.74) is 2.67. The van der Waals surface area contributed by atoms with Crippen LogP contribution < -0.4 is 0 Å². The molecule has 1 heterocycles. The zero-order valence-electron chi connectivity index (χ0n) is 13.6. The van der Waals surface area contributed by atoms with Crippen LogP contribution in [0.3, 0.4) is 0 Å². The number of carbonyl (C=O) groups excluding carboxylic acids is 1. The monoisotopic (exact) mass is 288 g/mol. The largest absolute Gasteiger partial charge is 0.340 e. The smallest absolute Gasteiger partial charge is 0.225 e. The van der Waals surface area contributed by atoms with Crippen LogP contribution in [-0.4, -0.2) is 41.9 Å². The van der Waals surface area contributed by atoms with Crippen LogP contribution in [0.25, 0.3) is 0 Å². The molecule has 0 bridgehead atoms. The normalized spacial score (nSPS) is 16.5. The molecule has 0 aromatic heterocycles. The highest BCUT2D eigenvalue weighted by molar-refractivity contribution is 5.78. The van der Waals surface area contributed by atoms with Crippen molar-refractivity contribution in [2.75, 3.05) is 26.2 Å². The highest BCUT2D eigenvalue weighted by atomic mass is 16.2. The Kier molecular flexibility index (Phi) is 5.80. The topological polar surface area (TPSA) is 23.6 Å². The van der Waals surface area contributed by atoms with E-state index in [1.807, 2.05) is 0 Å². The van der Waals surface area contributed by atoms with Gasteiger partial charge in [0, 0.05) is 38.6 Å². The van der Waals surface area contributed by atoms with Crippen LogP contribution >= 0.6 is 0 Å². The molecule has 1 aliphatic rings. The summed E-state index contributed by atoms with van der Waals surface area (Å²) in [6.07, 6.45) is 1.91. The minimum atomic E-state index is 0.216. The van der Waals surface area contributed by atoms with Gasteiger partial charge in [0.05, 0.1) is 0 Å². The summed E-state index contributed by atoms with van der Waals surface area (Å²) in [6.45, 7) is 11.1. The third-order valence-electron chi connectivity index (χ3n) is 4.55. The van der Waals surface area contributed by atoms with Crippen molar-refractivity contribution in [3.63, 3.8) is 0 Å². The molecule has 0 aliphatic carbocycles. The third kappa shape index (κ3) is 4.31. The fourth-order valence-corrected chi connectivity index (χ4v) is 2.97. The van der Waals surface area contributed by atoms with E-state index in [-0.39, 0.29) is 5.92 Å². The van der Waals surface area contributed by atoms with E-state index >= 15 is 0 Å². The fraction of sp³-hybridized carbons (Fsp3) is 0.611. The Morgan fingerprint density at radius 2 is 1.62 bits per heavy atom. The van der Waals surface area contributed by atoms with E-state index in [9.17, 15) is 4.79 Å². The summed E-state index contributed by atoms with van der Waals surface area (Å²) in [7, 11) is 0. The van der Waals surface area contributed by atoms with Crippen molar-refractivity contribution in [1.82, 2.24) is 9.80 Å². The van der Waals surface area contributed by atoms with E-state index in [4.69, 9.17) is 0 Å². The first kappa shape index (κ1) is 16.0. The van der Waals surface area contributed by atoms with Crippen LogP contribution in [-0.2, 0) is 11.3 Å². The maximum absolute atomic E-state index is 12.4. The van der Waals surface area contributed by atoms with Crippen molar-refractivity contribution in [1.29, 1.82) is 0 Å². The summed E-state index contributed by atoms with van der Waals surface area (Å²) >= 11 is 0. The Morgan fingerprint density at radius 1 is 1.05 bits per heavy atom. The molecule has 0 saturated carbocycles. The van der Waals surface area contributed by atoms with Gasteiger partial charge in [-0.05, 0) is 25.3 Å². The number of benzene rings is 1. The molecule has 1 aromatic rings. The SMILES string of the molecule is CCC(CC)C(=O)N1CCN(Cc2ccc(C)cc2)CC1. The van der Waals surface area contributed by atoms with Crippen LogP contribution in [0.2, 0.25) is 0 Å². The Bertz CT molecular complexity index is 443. The number of nitrogens with zero attached hydrogens (tertiary/aromatic N) is 2. The maximum atomic E-state index is 12.4. The summed E-state index contributed by atoms with van der Waals surface area (Å²) in [5, 5.41) is 0. The Balaban J connectivity index is 1.83. The van der Waals surface area contributed by atoms with E-state index in [1.54, 1.807) is 0 Å². The standard InChI is InChI=1S/C18H28N2O/c1-4-17(5-2)18(21)20-12-10-19(11-13-20)14-16-8-6-15(3)7-9-16/h6-9,17H,4-5,10-14H2,1-3H3. The van der Waals surface area contributed by atoms with Gasteiger partial charge in [0.1, 0.15) is 0 Å². The summed E-state index contributed by atoms with van der Waals surface area (Å²) in [5.74, 6) is 0.573. The van der Waals surface area contributed by atoms with Gasteiger partial charge < -0.3 is 4.90 Å². The van der Waals surface area contributed by atoms with Gasteiger partial charge in [0.25, 0.3) is 0 Å². The maximum Gasteiger partial charge on any atom is 0.225 e. The number of rotatable bonds is 5. The molecule has 0 unspecified atom stereocenters. The summed E-state index contributed by atoms with van der Waals surface area (Å²) in [4.78, 5) is 16.9. The number of hydrogen-bond acceptors (Lipinski definition) is 2. The van der Waals surface area contributed by atoms with Gasteiger partial charge >= 0.3 is 0 Å². The zero-order chi connectivity index (χ0) is 15.2. The molecule has 3 nitrogen and oxygen atoms in total. The molecular formula is C18H28N2O. The van der Waals surface area contributed by atoms with E-state index in [0.717, 1.165) is 45.6 Å². The molecular weight excluding hydrogens is 260 g/mol. The molecule has 2 rings (SSSR count). The fourth-order valence-electron chi connectivity index (χ4n) is 2.97. The lowest BCUT2D eigenvalue weighted by Crippen LogP contribution is -2.49. The van der Waals surface area contributed by atoms with Gasteiger partial charge in [-0.25, -0.2) is 0 Å². The Labute approximate surface area is 128 Å². The molecule has 0 atom stereocenters. The predicted molar refractivity (Wildman–Crippen MR) is 87.1 cm³/mol. The lowest BCUT2D eigenvalue weighted by molar-refractivity contribution is -0.137. The minimum Gasteiger partial charge on any atom is -0.340 e. The number of hydrogen-bond donors (Lipinski definition) is 0. The number of amides is 1. The average Bonchev–Trinajstić information content (AvgIpc) is 2.51. The Morgan fingerprint density at radius 3 is 2.14 bits per heavy atom. The second kappa shape index (κ2) is 7.60. The molecule has 1 aromatic carbocycles. The first-order valence-electron chi connectivity index (χ1n) is 8.20. The molecule has 1 fully saturated rings. The van der Waals surface area contributed by atoms with E-state index in [0.29, 0.717) is 5.91 Å². The van der Waals surface area contributed by atoms with Gasteiger partial charge in [0.2, 0.25) is 5.91 Å². The van der Waals surface area contributed by atoms with E-state index < -0.39 is 0 Å². The van der Waals surface area contributed by atoms with Gasteiger partial charge in [0.15, 0.2) is 0 Å². The molecule has 21 heavy (non-hydrogen) atoms. The lowest BCUT2D eigenvalue weighted by atomic mass is 10.0. The molecule has 1 saturated heterocycles. The van der Waals surface area contributed by atoms with E-state index in [2.05, 4.69) is 54.8 Å². The van der Waals surface area contributed by atoms with Crippen molar-refractivity contribution in [2.45, 2.75) is 40.2 Å². The molecule has 1 aliphatic heterocycles. The number of aryl methyl sites for hydroxylation is 1. The van der Waals surface area contributed by atoms with E-state index in [1.165, 1.54) is 11.1 Å². The van der Waals surface area contributed by atoms with Gasteiger partial charge in [-0.15, -0.1) is 0 Å². The first-order chi connectivity index (χ1) is 10.1. The molecule has 0 radical (unpaired) electrons. The van der Waals surface area contributed by atoms with Crippen molar-refractivity contribution in [3.8, 4) is 0 Å². The first-order valence-corrected chi connectivity index (χ1v) is 8.20. The van der Waals surface area contributed by atoms with Crippen LogP contribution in [0.1, 0.15) is 37.8 Å². The lowest BCUT2D eigenvalue weighted by Gasteiger charge is -2.36. The summed E-state index contributed by atoms with van der Waals surface area (Å²) < 4.78 is 0. The highest BCUT2D eigenvalue weighted by Crippen LogP contribution is 2.15. The van der Waals surface area contributed by atoms with Gasteiger partial charge in [-0.1, -0.05) is 43.7 Å². The second-order valence-electron chi connectivity index (χ2n) is 6.10. The van der Waals surface area contributed by atoms with Crippen molar-refractivity contribution >= 4 is 5.91 Å². The van der Waals surface area contributed by atoms with Crippen LogP contribution in [0.4, 0.5) is 0 Å². The van der Waals surface area contributed by atoms with Crippen molar-refractivity contribution in [3.05, 3.63) is 35.4 Å². The quantitative estimate of drug-likeness (QED) is 0.831. The van der Waals surface area contributed by atoms with Crippen LogP contribution in [0, 0.1) is 12.8 Å². The zero-order valence-corrected chi connectivity index (χ0v) is 13.6. The van der Waals surface area contributed by atoms with Gasteiger partial charge in [-0.3, -0.25) is 9.69 Å². The molecule has 1 amide bonds. The number of piperazine rings is 1. The van der Waals surface area contributed by atoms with Crippen LogP contribution in [0.15, 0.2) is 24.3 Å². The second-order valence-corrected chi connectivity index (χ2v) is 6.10. The molecule has 0 spiro atoms. The molecule has 0 N–H and O–H groups in total. The molecule has 3 heteroatoms. The highest BCUT2D eigenvalue weighted by Gasteiger charge is 2.25. The summed E-state index contributed by atoms with van der Waals surface area (Å²) in [6, 6.07) is 8.75. The average molecular weight is 288 g/mol. The minimum absolute atomic E-state index is 0.216. The van der Waals surface area contributed by atoms with Crippen LogP contribution in [0.5, 0.6) is 0 Å². The van der Waals surface area contributed by atoms with Crippen molar-refractivity contribution < 1.29 is 4.79 Å². The third-order valence-corrected chi connectivity index (χ3v) is 4.55. The number of carbonyl (C=O) groups is 1. The van der Waals surface area contributed by atoms with Gasteiger partial charge in [-0.2, -0.15) is 0 Å². The molecule has 116 valence electrons. The predicted octanol–water partition coefficient (Wildman–Crippen LogP) is 3.08.